The summed E-state index contributed by atoms with van der Waals surface area (Å²) in [6.07, 6.45) is 5.39. The van der Waals surface area contributed by atoms with E-state index >= 15 is 0 Å². The smallest absolute Gasteiger partial charge is 0.293 e. The lowest BCUT2D eigenvalue weighted by molar-refractivity contribution is -0.123. The third kappa shape index (κ3) is 5.04. The highest BCUT2D eigenvalue weighted by molar-refractivity contribution is 8.18. The molecule has 28 heavy (non-hydrogen) atoms. The van der Waals surface area contributed by atoms with Crippen LogP contribution in [0.25, 0.3) is 6.08 Å². The fourth-order valence-electron chi connectivity index (χ4n) is 2.61. The van der Waals surface area contributed by atoms with Crippen molar-refractivity contribution in [3.8, 4) is 5.75 Å². The van der Waals surface area contributed by atoms with Crippen molar-refractivity contribution < 1.29 is 14.3 Å². The Kier molecular flexibility index (Phi) is 6.55. The van der Waals surface area contributed by atoms with Gasteiger partial charge in [-0.3, -0.25) is 14.5 Å². The standard InChI is InChI=1S/C22H22N2O3S/c1-23(2)18-13-11-17(12-14-18)7-6-10-20-21(25)24(22(26)28-20)15-16-27-19-8-4-3-5-9-19/h3-14H,15-16H2,1-2H3/b7-6+,20-10-. The summed E-state index contributed by atoms with van der Waals surface area (Å²) in [5.74, 6) is 0.437. The molecule has 0 aromatic heterocycles. The average Bonchev–Trinajstić information content (AvgIpc) is 2.97. The molecule has 1 heterocycles. The number of ether oxygens (including phenoxy) is 1. The Bertz CT molecular complexity index is 890. The van der Waals surface area contributed by atoms with Crippen molar-refractivity contribution in [3.05, 3.63) is 77.2 Å². The maximum atomic E-state index is 12.4. The van der Waals surface area contributed by atoms with Crippen molar-refractivity contribution in [3.63, 3.8) is 0 Å². The Balaban J connectivity index is 1.56. The van der Waals surface area contributed by atoms with Gasteiger partial charge in [0, 0.05) is 19.8 Å². The van der Waals surface area contributed by atoms with Crippen LogP contribution < -0.4 is 9.64 Å². The molecule has 0 saturated carbocycles. The Labute approximate surface area is 169 Å². The quantitative estimate of drug-likeness (QED) is 0.651. The van der Waals surface area contributed by atoms with Crippen LogP contribution in [0, 0.1) is 0 Å². The summed E-state index contributed by atoms with van der Waals surface area (Å²) >= 11 is 0.955. The zero-order valence-electron chi connectivity index (χ0n) is 15.9. The fraction of sp³-hybridized carbons (Fsp3) is 0.182. The van der Waals surface area contributed by atoms with Crippen LogP contribution in [0.1, 0.15) is 5.56 Å². The summed E-state index contributed by atoms with van der Waals surface area (Å²) in [5, 5.41) is -0.267. The molecule has 0 bridgehead atoms. The number of para-hydroxylation sites is 1. The average molecular weight is 394 g/mol. The lowest BCUT2D eigenvalue weighted by atomic mass is 10.2. The highest BCUT2D eigenvalue weighted by Gasteiger charge is 2.34. The van der Waals surface area contributed by atoms with Gasteiger partial charge in [-0.2, -0.15) is 0 Å². The number of amides is 2. The van der Waals surface area contributed by atoms with E-state index in [2.05, 4.69) is 0 Å². The monoisotopic (exact) mass is 394 g/mol. The Hall–Kier alpha value is -2.99. The number of imide groups is 1. The van der Waals surface area contributed by atoms with E-state index in [0.717, 1.165) is 23.0 Å². The van der Waals surface area contributed by atoms with Gasteiger partial charge >= 0.3 is 0 Å². The minimum Gasteiger partial charge on any atom is -0.492 e. The van der Waals surface area contributed by atoms with Crippen molar-refractivity contribution in [2.75, 3.05) is 32.1 Å². The number of hydrogen-bond donors (Lipinski definition) is 0. The molecule has 1 aliphatic heterocycles. The van der Waals surface area contributed by atoms with Crippen LogP contribution in [0.2, 0.25) is 0 Å². The fourth-order valence-corrected chi connectivity index (χ4v) is 3.43. The van der Waals surface area contributed by atoms with Gasteiger partial charge in [-0.25, -0.2) is 0 Å². The Morgan fingerprint density at radius 1 is 1.04 bits per heavy atom. The van der Waals surface area contributed by atoms with Crippen LogP contribution in [0.5, 0.6) is 5.75 Å². The summed E-state index contributed by atoms with van der Waals surface area (Å²) < 4.78 is 5.57. The second-order valence-electron chi connectivity index (χ2n) is 6.36. The molecule has 6 heteroatoms. The maximum absolute atomic E-state index is 12.4. The van der Waals surface area contributed by atoms with Gasteiger partial charge in [0.05, 0.1) is 11.4 Å². The molecule has 2 amide bonds. The molecule has 144 valence electrons. The highest BCUT2D eigenvalue weighted by atomic mass is 32.2. The third-order valence-electron chi connectivity index (χ3n) is 4.15. The molecule has 2 aromatic rings. The van der Waals surface area contributed by atoms with Crippen molar-refractivity contribution in [1.82, 2.24) is 4.90 Å². The summed E-state index contributed by atoms with van der Waals surface area (Å²) in [5.41, 5.74) is 2.15. The van der Waals surface area contributed by atoms with Crippen LogP contribution in [0.4, 0.5) is 10.5 Å². The van der Waals surface area contributed by atoms with Crippen molar-refractivity contribution >= 4 is 34.7 Å². The van der Waals surface area contributed by atoms with Gasteiger partial charge in [0.2, 0.25) is 0 Å². The molecule has 2 aromatic carbocycles. The second kappa shape index (κ2) is 9.28. The minimum atomic E-state index is -0.278. The molecule has 1 fully saturated rings. The number of anilines is 1. The topological polar surface area (TPSA) is 49.9 Å². The molecular formula is C22H22N2O3S. The lowest BCUT2D eigenvalue weighted by Gasteiger charge is -2.13. The van der Waals surface area contributed by atoms with E-state index in [9.17, 15) is 9.59 Å². The zero-order valence-corrected chi connectivity index (χ0v) is 16.7. The van der Waals surface area contributed by atoms with Crippen LogP contribution in [0.3, 0.4) is 0 Å². The van der Waals surface area contributed by atoms with Crippen molar-refractivity contribution in [2.45, 2.75) is 0 Å². The van der Waals surface area contributed by atoms with Gasteiger partial charge in [0.1, 0.15) is 12.4 Å². The molecule has 0 atom stereocenters. The zero-order chi connectivity index (χ0) is 19.9. The van der Waals surface area contributed by atoms with E-state index in [0.29, 0.717) is 10.7 Å². The SMILES string of the molecule is CN(C)c1ccc(/C=C/C=C2\SC(=O)N(CCOc3ccccc3)C2=O)cc1. The molecule has 5 nitrogen and oxygen atoms in total. The van der Waals surface area contributed by atoms with E-state index in [-0.39, 0.29) is 24.3 Å². The number of carbonyl (C=O) groups is 2. The maximum Gasteiger partial charge on any atom is 0.293 e. The predicted molar refractivity (Wildman–Crippen MR) is 115 cm³/mol. The van der Waals surface area contributed by atoms with E-state index in [1.165, 1.54) is 4.90 Å². The lowest BCUT2D eigenvalue weighted by Crippen LogP contribution is -2.32. The van der Waals surface area contributed by atoms with Gasteiger partial charge in [-0.1, -0.05) is 42.5 Å². The molecule has 0 N–H and O–H groups in total. The van der Waals surface area contributed by atoms with Crippen molar-refractivity contribution in [2.24, 2.45) is 0 Å². The molecule has 0 aliphatic carbocycles. The van der Waals surface area contributed by atoms with Gasteiger partial charge in [0.25, 0.3) is 11.1 Å². The van der Waals surface area contributed by atoms with Crippen LogP contribution >= 0.6 is 11.8 Å². The summed E-state index contributed by atoms with van der Waals surface area (Å²) in [4.78, 5) is 28.2. The molecule has 0 spiro atoms. The molecule has 1 saturated heterocycles. The van der Waals surface area contributed by atoms with Crippen LogP contribution in [-0.2, 0) is 4.79 Å². The summed E-state index contributed by atoms with van der Waals surface area (Å²) in [6, 6.07) is 17.4. The van der Waals surface area contributed by atoms with E-state index in [1.807, 2.05) is 79.7 Å². The number of hydrogen-bond acceptors (Lipinski definition) is 5. The van der Waals surface area contributed by atoms with Crippen molar-refractivity contribution in [1.29, 1.82) is 0 Å². The third-order valence-corrected chi connectivity index (χ3v) is 5.07. The van der Waals surface area contributed by atoms with Gasteiger partial charge in [0.15, 0.2) is 0 Å². The summed E-state index contributed by atoms with van der Waals surface area (Å²) in [7, 11) is 3.98. The second-order valence-corrected chi connectivity index (χ2v) is 7.36. The first kappa shape index (κ1) is 19.8. The van der Waals surface area contributed by atoms with E-state index < -0.39 is 0 Å². The Morgan fingerprint density at radius 2 is 1.75 bits per heavy atom. The first-order valence-corrected chi connectivity index (χ1v) is 9.73. The minimum absolute atomic E-state index is 0.229. The summed E-state index contributed by atoms with van der Waals surface area (Å²) in [6.45, 7) is 0.496. The van der Waals surface area contributed by atoms with E-state index in [4.69, 9.17) is 4.74 Å². The predicted octanol–water partition coefficient (Wildman–Crippen LogP) is 4.42. The number of allylic oxidation sites excluding steroid dienone is 2. The van der Waals surface area contributed by atoms with Gasteiger partial charge in [-0.15, -0.1) is 0 Å². The molecule has 3 rings (SSSR count). The number of carbonyl (C=O) groups excluding carboxylic acids is 2. The van der Waals surface area contributed by atoms with Crippen LogP contribution in [-0.4, -0.2) is 43.3 Å². The molecule has 1 aliphatic rings. The molecular weight excluding hydrogens is 372 g/mol. The largest absolute Gasteiger partial charge is 0.492 e. The Morgan fingerprint density at radius 3 is 2.43 bits per heavy atom. The normalized spacial score (nSPS) is 15.6. The first-order valence-electron chi connectivity index (χ1n) is 8.92. The first-order chi connectivity index (χ1) is 13.5. The highest BCUT2D eigenvalue weighted by Crippen LogP contribution is 2.30. The number of rotatable bonds is 7. The molecule has 0 radical (unpaired) electrons. The van der Waals surface area contributed by atoms with Gasteiger partial charge in [-0.05, 0) is 47.7 Å². The van der Waals surface area contributed by atoms with E-state index in [1.54, 1.807) is 12.2 Å². The molecule has 0 unspecified atom stereocenters. The number of thioether (sulfide) groups is 1. The van der Waals surface area contributed by atoms with Crippen LogP contribution in [0.15, 0.2) is 71.7 Å². The number of nitrogens with zero attached hydrogens (tertiary/aromatic N) is 2. The number of benzene rings is 2. The van der Waals surface area contributed by atoms with Gasteiger partial charge < -0.3 is 9.64 Å².